The molecule has 0 bridgehead atoms. The third kappa shape index (κ3) is 4.66. The zero-order chi connectivity index (χ0) is 21.8. The van der Waals surface area contributed by atoms with Crippen LogP contribution in [0.1, 0.15) is 22.4 Å². The molecule has 6 nitrogen and oxygen atoms in total. The van der Waals surface area contributed by atoms with E-state index in [0.29, 0.717) is 0 Å². The second-order valence-electron chi connectivity index (χ2n) is 8.30. The third-order valence-electron chi connectivity index (χ3n) is 6.13. The Kier molecular flexibility index (Phi) is 6.14. The number of H-pyrrole nitrogens is 1. The van der Waals surface area contributed by atoms with Crippen molar-refractivity contribution in [2.24, 2.45) is 0 Å². The Morgan fingerprint density at radius 2 is 1.88 bits per heavy atom. The molecule has 0 amide bonds. The number of morpholine rings is 1. The molecule has 2 aliphatic heterocycles. The van der Waals surface area contributed by atoms with Crippen molar-refractivity contribution in [2.75, 3.05) is 38.3 Å². The quantitative estimate of drug-likeness (QED) is 0.594. The van der Waals surface area contributed by atoms with Crippen LogP contribution in [0.15, 0.2) is 67.0 Å². The molecule has 2 N–H and O–H groups in total. The summed E-state index contributed by atoms with van der Waals surface area (Å²) in [6.07, 6.45) is 4.23. The van der Waals surface area contributed by atoms with Crippen LogP contribution in [0.4, 0.5) is 5.69 Å². The van der Waals surface area contributed by atoms with E-state index in [0.717, 1.165) is 57.4 Å². The minimum atomic E-state index is 0.736. The maximum atomic E-state index is 5.46. The zero-order valence-electron chi connectivity index (χ0n) is 18.5. The molecule has 3 heterocycles. The molecule has 0 aliphatic carbocycles. The monoisotopic (exact) mass is 430 g/mol. The van der Waals surface area contributed by atoms with Gasteiger partial charge in [-0.25, -0.2) is 0 Å². The molecule has 2 aromatic carbocycles. The fourth-order valence-electron chi connectivity index (χ4n) is 4.33. The standard InChI is InChI=1S/C26H30N4O2/c1-31-23-4-2-3-21(15-23)16-28-26-19-30(18-25-24(26)9-10-27-25)22-7-5-20(6-8-22)17-29-11-13-32-14-12-29/h2-10,15,19,27-28H,11-14,16-18H2,1H3. The maximum absolute atomic E-state index is 5.46. The highest BCUT2D eigenvalue weighted by Gasteiger charge is 2.19. The van der Waals surface area contributed by atoms with Crippen LogP contribution >= 0.6 is 0 Å². The molecule has 0 saturated carbocycles. The van der Waals surface area contributed by atoms with Crippen LogP contribution in [-0.2, 0) is 24.4 Å². The largest absolute Gasteiger partial charge is 0.497 e. The zero-order valence-corrected chi connectivity index (χ0v) is 18.5. The Morgan fingerprint density at radius 1 is 1.03 bits per heavy atom. The van der Waals surface area contributed by atoms with Crippen molar-refractivity contribution in [3.05, 3.63) is 89.4 Å². The van der Waals surface area contributed by atoms with E-state index in [1.165, 1.54) is 28.1 Å². The van der Waals surface area contributed by atoms with Crippen LogP contribution in [-0.4, -0.2) is 43.3 Å². The van der Waals surface area contributed by atoms with E-state index in [1.54, 1.807) is 7.11 Å². The van der Waals surface area contributed by atoms with Gasteiger partial charge in [-0.15, -0.1) is 0 Å². The Balaban J connectivity index is 1.30. The predicted molar refractivity (Wildman–Crippen MR) is 127 cm³/mol. The molecule has 0 radical (unpaired) electrons. The molecule has 0 atom stereocenters. The molecule has 1 aromatic heterocycles. The normalized spacial score (nSPS) is 16.4. The van der Waals surface area contributed by atoms with Crippen LogP contribution in [0.2, 0.25) is 0 Å². The van der Waals surface area contributed by atoms with Gasteiger partial charge in [-0.3, -0.25) is 4.90 Å². The Hall–Kier alpha value is -3.22. The van der Waals surface area contributed by atoms with Crippen LogP contribution in [0.5, 0.6) is 5.75 Å². The number of nitrogens with one attached hydrogen (secondary N) is 2. The lowest BCUT2D eigenvalue weighted by molar-refractivity contribution is 0.0342. The molecular formula is C26H30N4O2. The Morgan fingerprint density at radius 3 is 2.69 bits per heavy atom. The first-order valence-corrected chi connectivity index (χ1v) is 11.2. The number of fused-ring (bicyclic) bond motifs is 1. The van der Waals surface area contributed by atoms with Crippen molar-refractivity contribution >= 4 is 11.4 Å². The highest BCUT2D eigenvalue weighted by molar-refractivity contribution is 5.72. The second-order valence-corrected chi connectivity index (χ2v) is 8.30. The molecule has 1 saturated heterocycles. The van der Waals surface area contributed by atoms with Gasteiger partial charge in [-0.1, -0.05) is 24.3 Å². The van der Waals surface area contributed by atoms with Crippen molar-refractivity contribution in [1.82, 2.24) is 15.2 Å². The smallest absolute Gasteiger partial charge is 0.119 e. The molecule has 2 aliphatic rings. The molecule has 3 aromatic rings. The van der Waals surface area contributed by atoms with Crippen LogP contribution in [0.3, 0.4) is 0 Å². The van der Waals surface area contributed by atoms with E-state index in [1.807, 2.05) is 18.3 Å². The summed E-state index contributed by atoms with van der Waals surface area (Å²) in [4.78, 5) is 8.15. The number of aromatic nitrogens is 1. The van der Waals surface area contributed by atoms with Gasteiger partial charge in [0.15, 0.2) is 0 Å². The van der Waals surface area contributed by atoms with Gasteiger partial charge in [0.05, 0.1) is 32.6 Å². The van der Waals surface area contributed by atoms with Gasteiger partial charge >= 0.3 is 0 Å². The van der Waals surface area contributed by atoms with E-state index >= 15 is 0 Å². The first kappa shape index (κ1) is 20.7. The van der Waals surface area contributed by atoms with Crippen molar-refractivity contribution in [1.29, 1.82) is 0 Å². The molecule has 1 fully saturated rings. The van der Waals surface area contributed by atoms with Crippen LogP contribution in [0, 0.1) is 0 Å². The molecule has 166 valence electrons. The minimum absolute atomic E-state index is 0.736. The fraction of sp³-hybridized carbons (Fsp3) is 0.308. The van der Waals surface area contributed by atoms with Gasteiger partial charge in [-0.05, 0) is 41.5 Å². The Labute approximate surface area is 189 Å². The fourth-order valence-corrected chi connectivity index (χ4v) is 4.33. The summed E-state index contributed by atoms with van der Waals surface area (Å²) in [5, 5.41) is 3.62. The number of benzene rings is 2. The van der Waals surface area contributed by atoms with Gasteiger partial charge in [0.1, 0.15) is 5.75 Å². The summed E-state index contributed by atoms with van der Waals surface area (Å²) < 4.78 is 10.8. The SMILES string of the molecule is COc1cccc(CNC2=CN(c3ccc(CN4CCOCC4)cc3)Cc3[nH]ccc32)c1. The topological polar surface area (TPSA) is 52.8 Å². The van der Waals surface area contributed by atoms with Crippen molar-refractivity contribution in [3.63, 3.8) is 0 Å². The maximum Gasteiger partial charge on any atom is 0.119 e. The van der Waals surface area contributed by atoms with Gasteiger partial charge in [0, 0.05) is 55.5 Å². The number of methoxy groups -OCH3 is 1. The van der Waals surface area contributed by atoms with Gasteiger partial charge < -0.3 is 24.7 Å². The van der Waals surface area contributed by atoms with Crippen LogP contribution in [0.25, 0.3) is 5.70 Å². The third-order valence-corrected chi connectivity index (χ3v) is 6.13. The molecule has 0 unspecified atom stereocenters. The lowest BCUT2D eigenvalue weighted by Crippen LogP contribution is -2.35. The number of anilines is 1. The van der Waals surface area contributed by atoms with Gasteiger partial charge in [-0.2, -0.15) is 0 Å². The lowest BCUT2D eigenvalue weighted by atomic mass is 10.1. The molecule has 6 heteroatoms. The number of rotatable bonds is 7. The van der Waals surface area contributed by atoms with Gasteiger partial charge in [0.25, 0.3) is 0 Å². The van der Waals surface area contributed by atoms with Crippen molar-refractivity contribution in [3.8, 4) is 5.75 Å². The minimum Gasteiger partial charge on any atom is -0.497 e. The highest BCUT2D eigenvalue weighted by Crippen LogP contribution is 2.29. The summed E-state index contributed by atoms with van der Waals surface area (Å²) in [7, 11) is 1.70. The van der Waals surface area contributed by atoms with Crippen molar-refractivity contribution in [2.45, 2.75) is 19.6 Å². The average Bonchev–Trinajstić information content (AvgIpc) is 3.33. The molecule has 5 rings (SSSR count). The predicted octanol–water partition coefficient (Wildman–Crippen LogP) is 3.96. The van der Waals surface area contributed by atoms with Gasteiger partial charge in [0.2, 0.25) is 0 Å². The first-order chi connectivity index (χ1) is 15.8. The van der Waals surface area contributed by atoms with E-state index in [9.17, 15) is 0 Å². The first-order valence-electron chi connectivity index (χ1n) is 11.2. The summed E-state index contributed by atoms with van der Waals surface area (Å²) in [5.74, 6) is 0.878. The van der Waals surface area contributed by atoms with E-state index in [-0.39, 0.29) is 0 Å². The Bertz CT molecular complexity index is 1070. The van der Waals surface area contributed by atoms with Crippen LogP contribution < -0.4 is 15.0 Å². The van der Waals surface area contributed by atoms with E-state index < -0.39 is 0 Å². The molecule has 32 heavy (non-hydrogen) atoms. The number of nitrogens with zero attached hydrogens (tertiary/aromatic N) is 2. The van der Waals surface area contributed by atoms with E-state index in [2.05, 4.69) is 68.8 Å². The number of hydrogen-bond donors (Lipinski definition) is 2. The number of ether oxygens (including phenoxy) is 2. The number of aromatic amines is 1. The summed E-state index contributed by atoms with van der Waals surface area (Å²) >= 11 is 0. The summed E-state index contributed by atoms with van der Waals surface area (Å²) in [6, 6.07) is 19.2. The second kappa shape index (κ2) is 9.51. The lowest BCUT2D eigenvalue weighted by Gasteiger charge is -2.29. The van der Waals surface area contributed by atoms with Crippen molar-refractivity contribution < 1.29 is 9.47 Å². The molecular weight excluding hydrogens is 400 g/mol. The number of hydrogen-bond acceptors (Lipinski definition) is 5. The molecule has 0 spiro atoms. The van der Waals surface area contributed by atoms with E-state index in [4.69, 9.17) is 9.47 Å². The summed E-state index contributed by atoms with van der Waals surface area (Å²) in [5.41, 5.74) is 7.29. The summed E-state index contributed by atoms with van der Waals surface area (Å²) in [6.45, 7) is 6.23. The average molecular weight is 431 g/mol. The highest BCUT2D eigenvalue weighted by atomic mass is 16.5.